The minimum absolute atomic E-state index is 0.237. The first-order valence-electron chi connectivity index (χ1n) is 8.50. The summed E-state index contributed by atoms with van der Waals surface area (Å²) in [6.45, 7) is 0.759. The highest BCUT2D eigenvalue weighted by Crippen LogP contribution is 2.22. The van der Waals surface area contributed by atoms with Gasteiger partial charge >= 0.3 is 0 Å². The Morgan fingerprint density at radius 3 is 2.26 bits per heavy atom. The number of hydrogen-bond acceptors (Lipinski definition) is 6. The molecule has 0 fully saturated rings. The highest BCUT2D eigenvalue weighted by atomic mass is 32.2. The van der Waals surface area contributed by atoms with Gasteiger partial charge in [0.15, 0.2) is 5.82 Å². The molecule has 0 atom stereocenters. The van der Waals surface area contributed by atoms with E-state index in [4.69, 9.17) is 0 Å². The molecule has 0 radical (unpaired) electrons. The molecule has 0 bridgehead atoms. The summed E-state index contributed by atoms with van der Waals surface area (Å²) >= 11 is 1.69. The first kappa shape index (κ1) is 17.4. The fourth-order valence-corrected chi connectivity index (χ4v) is 3.40. The van der Waals surface area contributed by atoms with Crippen molar-refractivity contribution in [2.75, 3.05) is 12.8 Å². The van der Waals surface area contributed by atoms with Gasteiger partial charge in [-0.2, -0.15) is 4.80 Å². The molecule has 8 heteroatoms. The predicted molar refractivity (Wildman–Crippen MR) is 101 cm³/mol. The molecule has 1 aliphatic rings. The SMILES string of the molecule is CSc1ccc(Cn2nnc(CCN3C(=O)c4ccccc4C3=O)n2)cc1. The quantitative estimate of drug-likeness (QED) is 0.483. The van der Waals surface area contributed by atoms with Crippen LogP contribution in [0.25, 0.3) is 0 Å². The molecule has 27 heavy (non-hydrogen) atoms. The molecule has 136 valence electrons. The number of carbonyl (C=O) groups is 2. The van der Waals surface area contributed by atoms with Crippen molar-refractivity contribution in [3.8, 4) is 0 Å². The first-order valence-corrected chi connectivity index (χ1v) is 9.73. The zero-order chi connectivity index (χ0) is 18.8. The maximum atomic E-state index is 12.4. The summed E-state index contributed by atoms with van der Waals surface area (Å²) in [7, 11) is 0. The Hall–Kier alpha value is -3.00. The van der Waals surface area contributed by atoms with Crippen LogP contribution in [0, 0.1) is 0 Å². The van der Waals surface area contributed by atoms with Crippen LogP contribution in [0.3, 0.4) is 0 Å². The number of fused-ring (bicyclic) bond motifs is 1. The third kappa shape index (κ3) is 3.48. The summed E-state index contributed by atoms with van der Waals surface area (Å²) in [5.41, 5.74) is 1.98. The molecule has 0 spiro atoms. The Morgan fingerprint density at radius 1 is 0.963 bits per heavy atom. The van der Waals surface area contributed by atoms with Gasteiger partial charge in [0.25, 0.3) is 11.8 Å². The molecular weight excluding hydrogens is 362 g/mol. The summed E-state index contributed by atoms with van der Waals surface area (Å²) in [6.07, 6.45) is 2.41. The number of aromatic nitrogens is 4. The van der Waals surface area contributed by atoms with E-state index >= 15 is 0 Å². The zero-order valence-electron chi connectivity index (χ0n) is 14.7. The highest BCUT2D eigenvalue weighted by Gasteiger charge is 2.34. The molecule has 0 N–H and O–H groups in total. The van der Waals surface area contributed by atoms with E-state index in [-0.39, 0.29) is 18.4 Å². The van der Waals surface area contributed by atoms with Gasteiger partial charge in [-0.3, -0.25) is 14.5 Å². The smallest absolute Gasteiger partial charge is 0.261 e. The van der Waals surface area contributed by atoms with Crippen LogP contribution in [-0.4, -0.2) is 49.7 Å². The number of hydrogen-bond donors (Lipinski definition) is 0. The molecule has 0 unspecified atom stereocenters. The minimum atomic E-state index is -0.267. The number of rotatable bonds is 6. The van der Waals surface area contributed by atoms with Gasteiger partial charge in [-0.05, 0) is 41.3 Å². The molecule has 3 aromatic rings. The number of carbonyl (C=O) groups excluding carboxylic acids is 2. The molecule has 1 aliphatic heterocycles. The van der Waals surface area contributed by atoms with Gasteiger partial charge in [0.1, 0.15) is 0 Å². The standard InChI is InChI=1S/C19H17N5O2S/c1-27-14-8-6-13(7-9-14)12-24-21-17(20-22-24)10-11-23-18(25)15-4-2-3-5-16(15)19(23)26/h2-9H,10-12H2,1H3. The Kier molecular flexibility index (Phi) is 4.72. The van der Waals surface area contributed by atoms with Crippen LogP contribution >= 0.6 is 11.8 Å². The van der Waals surface area contributed by atoms with Gasteiger partial charge in [0.05, 0.1) is 17.7 Å². The number of nitrogens with zero attached hydrogens (tertiary/aromatic N) is 5. The summed E-state index contributed by atoms with van der Waals surface area (Å²) in [6, 6.07) is 15.0. The maximum Gasteiger partial charge on any atom is 0.261 e. The molecule has 7 nitrogen and oxygen atoms in total. The maximum absolute atomic E-state index is 12.4. The molecule has 1 aromatic heterocycles. The lowest BCUT2D eigenvalue weighted by Gasteiger charge is -2.11. The van der Waals surface area contributed by atoms with Crippen molar-refractivity contribution in [3.05, 3.63) is 71.0 Å². The van der Waals surface area contributed by atoms with E-state index in [0.717, 1.165) is 5.56 Å². The van der Waals surface area contributed by atoms with Crippen molar-refractivity contribution in [3.63, 3.8) is 0 Å². The summed E-state index contributed by atoms with van der Waals surface area (Å²) in [4.78, 5) is 28.7. The Bertz CT molecular complexity index is 964. The van der Waals surface area contributed by atoms with Crippen LogP contribution in [0.5, 0.6) is 0 Å². The summed E-state index contributed by atoms with van der Waals surface area (Å²) < 4.78 is 0. The summed E-state index contributed by atoms with van der Waals surface area (Å²) in [5, 5.41) is 12.4. The molecular formula is C19H17N5O2S. The van der Waals surface area contributed by atoms with Crippen molar-refractivity contribution in [2.45, 2.75) is 17.9 Å². The van der Waals surface area contributed by atoms with Crippen molar-refractivity contribution in [1.82, 2.24) is 25.1 Å². The van der Waals surface area contributed by atoms with Crippen molar-refractivity contribution >= 4 is 23.6 Å². The number of tetrazole rings is 1. The van der Waals surface area contributed by atoms with E-state index in [1.165, 1.54) is 14.6 Å². The number of imide groups is 1. The van der Waals surface area contributed by atoms with Crippen molar-refractivity contribution in [1.29, 1.82) is 0 Å². The second-order valence-electron chi connectivity index (χ2n) is 6.14. The van der Waals surface area contributed by atoms with Gasteiger partial charge in [-0.1, -0.05) is 24.3 Å². The summed E-state index contributed by atoms with van der Waals surface area (Å²) in [5.74, 6) is -0.0268. The highest BCUT2D eigenvalue weighted by molar-refractivity contribution is 7.98. The lowest BCUT2D eigenvalue weighted by atomic mass is 10.1. The molecule has 0 saturated heterocycles. The Balaban J connectivity index is 1.39. The lowest BCUT2D eigenvalue weighted by molar-refractivity contribution is 0.0655. The number of amides is 2. The van der Waals surface area contributed by atoms with E-state index < -0.39 is 0 Å². The van der Waals surface area contributed by atoms with E-state index in [1.54, 1.807) is 36.0 Å². The van der Waals surface area contributed by atoms with Crippen LogP contribution in [0.2, 0.25) is 0 Å². The predicted octanol–water partition coefficient (Wildman–Crippen LogP) is 2.28. The van der Waals surface area contributed by atoms with E-state index in [9.17, 15) is 9.59 Å². The van der Waals surface area contributed by atoms with Crippen LogP contribution in [0.1, 0.15) is 32.1 Å². The third-order valence-electron chi connectivity index (χ3n) is 4.41. The van der Waals surface area contributed by atoms with Gasteiger partial charge in [0.2, 0.25) is 0 Å². The van der Waals surface area contributed by atoms with Crippen LogP contribution in [0.4, 0.5) is 0 Å². The molecule has 0 aliphatic carbocycles. The fraction of sp³-hybridized carbons (Fsp3) is 0.211. The first-order chi connectivity index (χ1) is 13.2. The van der Waals surface area contributed by atoms with Crippen LogP contribution < -0.4 is 0 Å². The minimum Gasteiger partial charge on any atom is -0.274 e. The van der Waals surface area contributed by atoms with E-state index in [1.807, 2.05) is 18.4 Å². The molecule has 2 amide bonds. The topological polar surface area (TPSA) is 81.0 Å². The van der Waals surface area contributed by atoms with Crippen LogP contribution in [-0.2, 0) is 13.0 Å². The second-order valence-corrected chi connectivity index (χ2v) is 7.02. The van der Waals surface area contributed by atoms with E-state index in [2.05, 4.69) is 27.5 Å². The fourth-order valence-electron chi connectivity index (χ4n) is 2.99. The van der Waals surface area contributed by atoms with Gasteiger partial charge in [0, 0.05) is 17.9 Å². The monoisotopic (exact) mass is 379 g/mol. The molecule has 2 aromatic carbocycles. The second kappa shape index (κ2) is 7.32. The number of benzene rings is 2. The molecule has 0 saturated carbocycles. The zero-order valence-corrected chi connectivity index (χ0v) is 15.5. The largest absolute Gasteiger partial charge is 0.274 e. The molecule has 4 rings (SSSR count). The van der Waals surface area contributed by atoms with Gasteiger partial charge < -0.3 is 0 Å². The van der Waals surface area contributed by atoms with Crippen LogP contribution in [0.15, 0.2) is 53.4 Å². The van der Waals surface area contributed by atoms with E-state index in [0.29, 0.717) is 29.9 Å². The Morgan fingerprint density at radius 2 is 1.63 bits per heavy atom. The van der Waals surface area contributed by atoms with Crippen molar-refractivity contribution < 1.29 is 9.59 Å². The Labute approximate surface area is 160 Å². The van der Waals surface area contributed by atoms with Gasteiger partial charge in [-0.15, -0.1) is 22.0 Å². The number of thioether (sulfide) groups is 1. The van der Waals surface area contributed by atoms with Gasteiger partial charge in [-0.25, -0.2) is 0 Å². The average molecular weight is 379 g/mol. The third-order valence-corrected chi connectivity index (χ3v) is 5.16. The normalized spacial score (nSPS) is 13.3. The lowest BCUT2D eigenvalue weighted by Crippen LogP contribution is -2.32. The molecule has 2 heterocycles. The average Bonchev–Trinajstić information content (AvgIpc) is 3.24. The van der Waals surface area contributed by atoms with Crippen molar-refractivity contribution in [2.24, 2.45) is 0 Å².